The summed E-state index contributed by atoms with van der Waals surface area (Å²) in [7, 11) is -3.73. The zero-order valence-corrected chi connectivity index (χ0v) is 21.5. The van der Waals surface area contributed by atoms with Gasteiger partial charge < -0.3 is 14.8 Å². The van der Waals surface area contributed by atoms with Gasteiger partial charge in [0.1, 0.15) is 12.4 Å². The average molecular weight is 508 g/mol. The molecule has 0 saturated heterocycles. The fourth-order valence-electron chi connectivity index (χ4n) is 4.39. The van der Waals surface area contributed by atoms with E-state index < -0.39 is 15.7 Å². The van der Waals surface area contributed by atoms with Gasteiger partial charge in [-0.25, -0.2) is 12.8 Å². The normalized spacial score (nSPS) is 11.6. The van der Waals surface area contributed by atoms with Gasteiger partial charge >= 0.3 is 0 Å². The maximum absolute atomic E-state index is 13.3. The molecule has 0 unspecified atom stereocenters. The second-order valence-corrected chi connectivity index (χ2v) is 10.7. The van der Waals surface area contributed by atoms with Gasteiger partial charge in [0, 0.05) is 41.6 Å². The summed E-state index contributed by atoms with van der Waals surface area (Å²) in [5.74, 6) is -0.931. The number of aryl methyl sites for hydroxylation is 1. The van der Waals surface area contributed by atoms with Crippen molar-refractivity contribution in [2.24, 2.45) is 0 Å². The standard InChI is InChI=1S/C28H30FN3O3S/c1-4-31(5-2)23-14-15-25(20(3)16-23)30-28(33)18-32-17-27(24-8-6-7-9-26(24)32)36(34,35)19-21-10-12-22(29)13-11-21/h6-17H,4-5,18-19H2,1-3H3,(H,30,33). The number of hydrogen-bond acceptors (Lipinski definition) is 4. The lowest BCUT2D eigenvalue weighted by Crippen LogP contribution is -2.22. The Hall–Kier alpha value is -3.65. The summed E-state index contributed by atoms with van der Waals surface area (Å²) < 4.78 is 41.4. The molecule has 1 amide bonds. The Labute approximate surface area is 211 Å². The highest BCUT2D eigenvalue weighted by Crippen LogP contribution is 2.29. The first kappa shape index (κ1) is 25.4. The van der Waals surface area contributed by atoms with E-state index in [4.69, 9.17) is 0 Å². The van der Waals surface area contributed by atoms with Crippen LogP contribution in [-0.2, 0) is 26.9 Å². The minimum Gasteiger partial charge on any atom is -0.372 e. The molecule has 36 heavy (non-hydrogen) atoms. The number of nitrogens with zero attached hydrogens (tertiary/aromatic N) is 2. The summed E-state index contributed by atoms with van der Waals surface area (Å²) in [5, 5.41) is 3.50. The molecule has 4 aromatic rings. The van der Waals surface area contributed by atoms with Crippen molar-refractivity contribution >= 4 is 38.0 Å². The van der Waals surface area contributed by atoms with Gasteiger partial charge in [0.25, 0.3) is 0 Å². The number of anilines is 2. The number of halogens is 1. The molecule has 0 aliphatic heterocycles. The van der Waals surface area contributed by atoms with Gasteiger partial charge in [0.2, 0.25) is 5.91 Å². The highest BCUT2D eigenvalue weighted by Gasteiger charge is 2.22. The molecule has 0 aliphatic rings. The van der Waals surface area contributed by atoms with Crippen molar-refractivity contribution in [3.8, 4) is 0 Å². The van der Waals surface area contributed by atoms with Crippen molar-refractivity contribution in [1.82, 2.24) is 4.57 Å². The number of fused-ring (bicyclic) bond motifs is 1. The van der Waals surface area contributed by atoms with Gasteiger partial charge in [-0.3, -0.25) is 4.79 Å². The lowest BCUT2D eigenvalue weighted by atomic mass is 10.1. The number of amides is 1. The molecule has 0 spiro atoms. The third kappa shape index (κ3) is 5.44. The van der Waals surface area contributed by atoms with Crippen molar-refractivity contribution in [2.75, 3.05) is 23.3 Å². The Morgan fingerprint density at radius 2 is 1.69 bits per heavy atom. The summed E-state index contributed by atoms with van der Waals surface area (Å²) in [6, 6.07) is 18.5. The van der Waals surface area contributed by atoms with Gasteiger partial charge in [-0.2, -0.15) is 0 Å². The quantitative estimate of drug-likeness (QED) is 0.323. The van der Waals surface area contributed by atoms with Crippen LogP contribution >= 0.6 is 0 Å². The van der Waals surface area contributed by atoms with E-state index in [0.29, 0.717) is 16.5 Å². The van der Waals surface area contributed by atoms with Crippen molar-refractivity contribution in [1.29, 1.82) is 0 Å². The molecule has 0 radical (unpaired) electrons. The number of benzene rings is 3. The van der Waals surface area contributed by atoms with E-state index in [-0.39, 0.29) is 23.1 Å². The highest BCUT2D eigenvalue weighted by molar-refractivity contribution is 7.90. The Kier molecular flexibility index (Phi) is 7.45. The summed E-state index contributed by atoms with van der Waals surface area (Å²) in [5.41, 5.74) is 3.92. The van der Waals surface area contributed by atoms with Crippen molar-refractivity contribution in [2.45, 2.75) is 38.0 Å². The van der Waals surface area contributed by atoms with E-state index in [1.165, 1.54) is 30.5 Å². The smallest absolute Gasteiger partial charge is 0.244 e. The second-order valence-electron chi connectivity index (χ2n) is 8.74. The number of hydrogen-bond donors (Lipinski definition) is 1. The lowest BCUT2D eigenvalue weighted by Gasteiger charge is -2.22. The Morgan fingerprint density at radius 1 is 1.00 bits per heavy atom. The maximum atomic E-state index is 13.3. The van der Waals surface area contributed by atoms with Crippen LogP contribution in [0.2, 0.25) is 0 Å². The van der Waals surface area contributed by atoms with Crippen LogP contribution in [0.15, 0.2) is 77.8 Å². The molecule has 1 aromatic heterocycles. The summed E-state index contributed by atoms with van der Waals surface area (Å²) in [6.45, 7) is 7.91. The number of nitrogens with one attached hydrogen (secondary N) is 1. The molecule has 3 aromatic carbocycles. The molecule has 1 N–H and O–H groups in total. The number of aromatic nitrogens is 1. The minimum atomic E-state index is -3.73. The monoisotopic (exact) mass is 507 g/mol. The van der Waals surface area contributed by atoms with Crippen molar-refractivity contribution in [3.63, 3.8) is 0 Å². The van der Waals surface area contributed by atoms with E-state index in [9.17, 15) is 17.6 Å². The van der Waals surface area contributed by atoms with Crippen LogP contribution in [0, 0.1) is 12.7 Å². The fourth-order valence-corrected chi connectivity index (χ4v) is 5.97. The summed E-state index contributed by atoms with van der Waals surface area (Å²) >= 11 is 0. The van der Waals surface area contributed by atoms with Crippen LogP contribution in [0.25, 0.3) is 10.9 Å². The van der Waals surface area contributed by atoms with Gasteiger partial charge in [0.15, 0.2) is 9.84 Å². The topological polar surface area (TPSA) is 71.4 Å². The predicted octanol–water partition coefficient (Wildman–Crippen LogP) is 5.55. The molecule has 4 rings (SSSR count). The molecule has 188 valence electrons. The van der Waals surface area contributed by atoms with E-state index in [0.717, 1.165) is 30.0 Å². The predicted molar refractivity (Wildman–Crippen MR) is 143 cm³/mol. The number of carbonyl (C=O) groups excluding carboxylic acids is 1. The molecule has 0 fully saturated rings. The Bertz CT molecular complexity index is 1490. The summed E-state index contributed by atoms with van der Waals surface area (Å²) in [4.78, 5) is 15.3. The lowest BCUT2D eigenvalue weighted by molar-refractivity contribution is -0.116. The highest BCUT2D eigenvalue weighted by atomic mass is 32.2. The van der Waals surface area contributed by atoms with E-state index in [2.05, 4.69) is 24.1 Å². The minimum absolute atomic E-state index is 0.0379. The Balaban J connectivity index is 1.58. The van der Waals surface area contributed by atoms with Crippen LogP contribution in [0.1, 0.15) is 25.0 Å². The van der Waals surface area contributed by atoms with Gasteiger partial charge in [-0.1, -0.05) is 30.3 Å². The van der Waals surface area contributed by atoms with E-state index in [1.807, 2.05) is 31.2 Å². The number of para-hydroxylation sites is 1. The van der Waals surface area contributed by atoms with Crippen LogP contribution in [0.5, 0.6) is 0 Å². The van der Waals surface area contributed by atoms with E-state index in [1.54, 1.807) is 22.8 Å². The van der Waals surface area contributed by atoms with Crippen LogP contribution in [0.4, 0.5) is 15.8 Å². The maximum Gasteiger partial charge on any atom is 0.244 e. The number of carbonyl (C=O) groups is 1. The van der Waals surface area contributed by atoms with Crippen LogP contribution < -0.4 is 10.2 Å². The molecule has 0 aliphatic carbocycles. The zero-order valence-electron chi connectivity index (χ0n) is 20.7. The third-order valence-corrected chi connectivity index (χ3v) is 7.99. The average Bonchev–Trinajstić information content (AvgIpc) is 3.22. The fraction of sp³-hybridized carbons (Fsp3) is 0.250. The molecule has 0 bridgehead atoms. The first-order valence-electron chi connectivity index (χ1n) is 11.9. The molecule has 1 heterocycles. The molecule has 8 heteroatoms. The third-order valence-electron chi connectivity index (χ3n) is 6.28. The second kappa shape index (κ2) is 10.5. The van der Waals surface area contributed by atoms with Gasteiger partial charge in [-0.05, 0) is 68.3 Å². The number of rotatable bonds is 9. The van der Waals surface area contributed by atoms with Crippen LogP contribution in [0.3, 0.4) is 0 Å². The van der Waals surface area contributed by atoms with Gasteiger partial charge in [-0.15, -0.1) is 0 Å². The van der Waals surface area contributed by atoms with E-state index >= 15 is 0 Å². The first-order chi connectivity index (χ1) is 17.2. The first-order valence-corrected chi connectivity index (χ1v) is 13.6. The molecular weight excluding hydrogens is 477 g/mol. The number of sulfone groups is 1. The van der Waals surface area contributed by atoms with Gasteiger partial charge in [0.05, 0.1) is 10.6 Å². The molecular formula is C28H30FN3O3S. The Morgan fingerprint density at radius 3 is 2.36 bits per heavy atom. The largest absolute Gasteiger partial charge is 0.372 e. The zero-order chi connectivity index (χ0) is 25.9. The summed E-state index contributed by atoms with van der Waals surface area (Å²) in [6.07, 6.45) is 1.51. The SMILES string of the molecule is CCN(CC)c1ccc(NC(=O)Cn2cc(S(=O)(=O)Cc3ccc(F)cc3)c3ccccc32)c(C)c1. The van der Waals surface area contributed by atoms with Crippen molar-refractivity contribution in [3.05, 3.63) is 89.9 Å². The molecule has 0 saturated carbocycles. The van der Waals surface area contributed by atoms with Crippen molar-refractivity contribution < 1.29 is 17.6 Å². The van der Waals surface area contributed by atoms with Crippen LogP contribution in [-0.4, -0.2) is 32.0 Å². The molecule has 0 atom stereocenters. The molecule has 6 nitrogen and oxygen atoms in total.